The van der Waals surface area contributed by atoms with Crippen molar-refractivity contribution in [3.05, 3.63) is 23.8 Å². The number of hydrogen-bond acceptors (Lipinski definition) is 3. The van der Waals surface area contributed by atoms with Gasteiger partial charge in [-0.2, -0.15) is 4.31 Å². The second kappa shape index (κ2) is 8.74. The lowest BCUT2D eigenvalue weighted by molar-refractivity contribution is -0.124. The number of benzene rings is 1. The second-order valence-electron chi connectivity index (χ2n) is 7.77. The van der Waals surface area contributed by atoms with Gasteiger partial charge in [-0.3, -0.25) is 4.79 Å². The minimum atomic E-state index is -3.48. The standard InChI is InChI=1S/C21H32N2O3S/c1-3-5-13-22(14-6-4-2)27(25,26)19-10-11-20-18(16-19)12-15-23(20)21(24)17-8-7-9-17/h10-11,16-17H,3-9,12-15H2,1-2H3. The van der Waals surface area contributed by atoms with Crippen LogP contribution in [0.25, 0.3) is 0 Å². The van der Waals surface area contributed by atoms with Crippen LogP contribution in [0.15, 0.2) is 23.1 Å². The highest BCUT2D eigenvalue weighted by Gasteiger charge is 2.34. The molecular weight excluding hydrogens is 360 g/mol. The van der Waals surface area contributed by atoms with E-state index in [0.717, 1.165) is 62.6 Å². The van der Waals surface area contributed by atoms with Gasteiger partial charge in [0.2, 0.25) is 15.9 Å². The number of amides is 1. The summed E-state index contributed by atoms with van der Waals surface area (Å²) in [6, 6.07) is 5.32. The van der Waals surface area contributed by atoms with Crippen molar-refractivity contribution < 1.29 is 13.2 Å². The van der Waals surface area contributed by atoms with E-state index in [0.29, 0.717) is 24.5 Å². The largest absolute Gasteiger partial charge is 0.312 e. The molecule has 0 spiro atoms. The van der Waals surface area contributed by atoms with Crippen LogP contribution in [0.4, 0.5) is 5.69 Å². The molecule has 0 saturated heterocycles. The van der Waals surface area contributed by atoms with E-state index in [1.165, 1.54) is 0 Å². The van der Waals surface area contributed by atoms with Crippen LogP contribution in [-0.4, -0.2) is 38.3 Å². The Bertz CT molecular complexity index is 764. The molecule has 0 N–H and O–H groups in total. The summed E-state index contributed by atoms with van der Waals surface area (Å²) in [7, 11) is -3.48. The van der Waals surface area contributed by atoms with E-state index < -0.39 is 10.0 Å². The van der Waals surface area contributed by atoms with Gasteiger partial charge in [0, 0.05) is 31.2 Å². The van der Waals surface area contributed by atoms with Crippen LogP contribution < -0.4 is 4.90 Å². The zero-order valence-corrected chi connectivity index (χ0v) is 17.4. The number of carbonyl (C=O) groups excluding carboxylic acids is 1. The zero-order valence-electron chi connectivity index (χ0n) is 16.6. The maximum absolute atomic E-state index is 13.2. The van der Waals surface area contributed by atoms with Gasteiger partial charge in [0.1, 0.15) is 0 Å². The number of hydrogen-bond donors (Lipinski definition) is 0. The van der Waals surface area contributed by atoms with E-state index in [1.807, 2.05) is 11.0 Å². The van der Waals surface area contributed by atoms with Gasteiger partial charge in [0.15, 0.2) is 0 Å². The number of anilines is 1. The summed E-state index contributed by atoms with van der Waals surface area (Å²) < 4.78 is 28.0. The molecule has 5 nitrogen and oxygen atoms in total. The van der Waals surface area contributed by atoms with Crippen LogP contribution in [0.5, 0.6) is 0 Å². The van der Waals surface area contributed by atoms with Crippen LogP contribution in [0.2, 0.25) is 0 Å². The van der Waals surface area contributed by atoms with Crippen molar-refractivity contribution in [3.8, 4) is 0 Å². The lowest BCUT2D eigenvalue weighted by atomic mass is 9.84. The van der Waals surface area contributed by atoms with Crippen molar-refractivity contribution in [2.75, 3.05) is 24.5 Å². The molecule has 150 valence electrons. The number of nitrogens with zero attached hydrogens (tertiary/aromatic N) is 2. The van der Waals surface area contributed by atoms with Crippen molar-refractivity contribution in [2.45, 2.75) is 70.1 Å². The Hall–Kier alpha value is -1.40. The van der Waals surface area contributed by atoms with Gasteiger partial charge in [-0.1, -0.05) is 33.1 Å². The van der Waals surface area contributed by atoms with Crippen LogP contribution in [0.1, 0.15) is 64.4 Å². The van der Waals surface area contributed by atoms with Crippen LogP contribution in [-0.2, 0) is 21.2 Å². The summed E-state index contributed by atoms with van der Waals surface area (Å²) in [4.78, 5) is 14.8. The van der Waals surface area contributed by atoms with E-state index in [1.54, 1.807) is 16.4 Å². The van der Waals surface area contributed by atoms with E-state index in [2.05, 4.69) is 13.8 Å². The number of fused-ring (bicyclic) bond motifs is 1. The summed E-state index contributed by atoms with van der Waals surface area (Å²) in [5, 5.41) is 0. The van der Waals surface area contributed by atoms with Crippen molar-refractivity contribution >= 4 is 21.6 Å². The lowest BCUT2D eigenvalue weighted by Crippen LogP contribution is -2.37. The molecule has 1 heterocycles. The van der Waals surface area contributed by atoms with Gasteiger partial charge in [0.05, 0.1) is 4.90 Å². The number of sulfonamides is 1. The molecule has 3 rings (SSSR count). The first-order valence-electron chi connectivity index (χ1n) is 10.4. The summed E-state index contributed by atoms with van der Waals surface area (Å²) >= 11 is 0. The molecule has 27 heavy (non-hydrogen) atoms. The molecule has 2 aliphatic rings. The second-order valence-corrected chi connectivity index (χ2v) is 9.71. The summed E-state index contributed by atoms with van der Waals surface area (Å²) in [6.45, 7) is 5.97. The van der Waals surface area contributed by atoms with Crippen LogP contribution in [0, 0.1) is 5.92 Å². The monoisotopic (exact) mass is 392 g/mol. The van der Waals surface area contributed by atoms with Crippen molar-refractivity contribution in [3.63, 3.8) is 0 Å². The molecule has 0 atom stereocenters. The quantitative estimate of drug-likeness (QED) is 0.639. The average molecular weight is 393 g/mol. The number of carbonyl (C=O) groups is 1. The normalized spacial score (nSPS) is 17.2. The third-order valence-electron chi connectivity index (χ3n) is 5.83. The molecule has 1 aliphatic heterocycles. The third kappa shape index (κ3) is 4.21. The number of rotatable bonds is 9. The average Bonchev–Trinajstić information content (AvgIpc) is 3.03. The first kappa shape index (κ1) is 20.3. The molecule has 1 aromatic rings. The predicted octanol–water partition coefficient (Wildman–Crippen LogP) is 3.97. The third-order valence-corrected chi connectivity index (χ3v) is 7.72. The van der Waals surface area contributed by atoms with Crippen LogP contribution in [0.3, 0.4) is 0 Å². The minimum absolute atomic E-state index is 0.165. The lowest BCUT2D eigenvalue weighted by Gasteiger charge is -2.29. The molecular formula is C21H32N2O3S. The summed E-state index contributed by atoms with van der Waals surface area (Å²) in [5.41, 5.74) is 1.88. The maximum atomic E-state index is 13.2. The Morgan fingerprint density at radius 1 is 1.15 bits per heavy atom. The fraction of sp³-hybridized carbons (Fsp3) is 0.667. The smallest absolute Gasteiger partial charge is 0.243 e. The Morgan fingerprint density at radius 3 is 2.37 bits per heavy atom. The Morgan fingerprint density at radius 2 is 1.81 bits per heavy atom. The van der Waals surface area contributed by atoms with Crippen molar-refractivity contribution in [2.24, 2.45) is 5.92 Å². The highest BCUT2D eigenvalue weighted by atomic mass is 32.2. The fourth-order valence-electron chi connectivity index (χ4n) is 3.81. The van der Waals surface area contributed by atoms with Crippen molar-refractivity contribution in [1.29, 1.82) is 0 Å². The Balaban J connectivity index is 1.81. The molecule has 0 aromatic heterocycles. The SMILES string of the molecule is CCCCN(CCCC)S(=O)(=O)c1ccc2c(c1)CCN2C(=O)C1CCC1. The minimum Gasteiger partial charge on any atom is -0.312 e. The van der Waals surface area contributed by atoms with Gasteiger partial charge < -0.3 is 4.90 Å². The fourth-order valence-corrected chi connectivity index (χ4v) is 5.38. The molecule has 0 bridgehead atoms. The first-order chi connectivity index (χ1) is 13.0. The molecule has 1 fully saturated rings. The van der Waals surface area contributed by atoms with Crippen molar-refractivity contribution in [1.82, 2.24) is 4.31 Å². The van der Waals surface area contributed by atoms with E-state index in [-0.39, 0.29) is 11.8 Å². The van der Waals surface area contributed by atoms with E-state index in [9.17, 15) is 13.2 Å². The Kier molecular flexibility index (Phi) is 6.58. The van der Waals surface area contributed by atoms with Gasteiger partial charge in [0.25, 0.3) is 0 Å². The molecule has 1 aromatic carbocycles. The first-order valence-corrected chi connectivity index (χ1v) is 11.9. The molecule has 1 amide bonds. The molecule has 6 heteroatoms. The predicted molar refractivity (Wildman–Crippen MR) is 108 cm³/mol. The molecule has 0 unspecified atom stereocenters. The van der Waals surface area contributed by atoms with Crippen LogP contribution >= 0.6 is 0 Å². The highest BCUT2D eigenvalue weighted by Crippen LogP contribution is 2.36. The molecule has 0 radical (unpaired) electrons. The zero-order chi connectivity index (χ0) is 19.4. The van der Waals surface area contributed by atoms with E-state index >= 15 is 0 Å². The summed E-state index contributed by atoms with van der Waals surface area (Å²) in [6.07, 6.45) is 7.54. The van der Waals surface area contributed by atoms with Gasteiger partial charge >= 0.3 is 0 Å². The Labute approximate surface area is 163 Å². The molecule has 1 aliphatic carbocycles. The topological polar surface area (TPSA) is 57.7 Å². The summed E-state index contributed by atoms with van der Waals surface area (Å²) in [5.74, 6) is 0.376. The highest BCUT2D eigenvalue weighted by molar-refractivity contribution is 7.89. The van der Waals surface area contributed by atoms with Gasteiger partial charge in [-0.15, -0.1) is 0 Å². The maximum Gasteiger partial charge on any atom is 0.243 e. The van der Waals surface area contributed by atoms with E-state index in [4.69, 9.17) is 0 Å². The number of unbranched alkanes of at least 4 members (excludes halogenated alkanes) is 2. The van der Waals surface area contributed by atoms with Gasteiger partial charge in [-0.25, -0.2) is 8.42 Å². The molecule has 1 saturated carbocycles. The van der Waals surface area contributed by atoms with Gasteiger partial charge in [-0.05, 0) is 55.9 Å².